The number of fused-ring (bicyclic) bond motifs is 1. The van der Waals surface area contributed by atoms with Crippen molar-refractivity contribution in [1.29, 1.82) is 0 Å². The lowest BCUT2D eigenvalue weighted by Crippen LogP contribution is -2.45. The predicted molar refractivity (Wildman–Crippen MR) is 78.6 cm³/mol. The Kier molecular flexibility index (Phi) is 3.74. The molecule has 1 aliphatic carbocycles. The van der Waals surface area contributed by atoms with E-state index in [1.807, 2.05) is 13.0 Å². The highest BCUT2D eigenvalue weighted by Crippen LogP contribution is 2.42. The minimum atomic E-state index is -0.664. The van der Waals surface area contributed by atoms with Crippen molar-refractivity contribution in [2.24, 2.45) is 5.41 Å². The number of benzene rings is 1. The van der Waals surface area contributed by atoms with Crippen LogP contribution in [-0.2, 0) is 11.2 Å². The number of carboxylic acid groups (broad SMARTS) is 1. The van der Waals surface area contributed by atoms with Gasteiger partial charge in [0.15, 0.2) is 0 Å². The van der Waals surface area contributed by atoms with Gasteiger partial charge in [0.2, 0.25) is 0 Å². The maximum Gasteiger partial charge on any atom is 0.309 e. The average Bonchev–Trinajstić information content (AvgIpc) is 2.92. The van der Waals surface area contributed by atoms with Gasteiger partial charge in [-0.05, 0) is 62.4 Å². The highest BCUT2D eigenvalue weighted by molar-refractivity contribution is 5.74. The van der Waals surface area contributed by atoms with E-state index in [4.69, 9.17) is 0 Å². The molecule has 1 aliphatic heterocycles. The van der Waals surface area contributed by atoms with Crippen LogP contribution < -0.4 is 0 Å². The molecule has 0 radical (unpaired) electrons. The maximum atomic E-state index is 13.8. The largest absolute Gasteiger partial charge is 0.481 e. The quantitative estimate of drug-likeness (QED) is 0.928. The first kappa shape index (κ1) is 14.5. The molecule has 1 aromatic rings. The van der Waals surface area contributed by atoms with E-state index < -0.39 is 11.4 Å². The van der Waals surface area contributed by atoms with Gasteiger partial charge >= 0.3 is 5.97 Å². The van der Waals surface area contributed by atoms with E-state index in [9.17, 15) is 14.3 Å². The topological polar surface area (TPSA) is 40.5 Å². The lowest BCUT2D eigenvalue weighted by molar-refractivity contribution is -0.152. The summed E-state index contributed by atoms with van der Waals surface area (Å²) in [5.41, 5.74) is 1.40. The first-order valence-electron chi connectivity index (χ1n) is 7.82. The summed E-state index contributed by atoms with van der Waals surface area (Å²) >= 11 is 0. The van der Waals surface area contributed by atoms with Crippen LogP contribution in [-0.4, -0.2) is 29.1 Å². The fourth-order valence-electron chi connectivity index (χ4n) is 3.95. The molecule has 1 aromatic carbocycles. The smallest absolute Gasteiger partial charge is 0.309 e. The number of rotatable bonds is 3. The van der Waals surface area contributed by atoms with Crippen molar-refractivity contribution in [1.82, 2.24) is 4.90 Å². The van der Waals surface area contributed by atoms with Gasteiger partial charge in [0, 0.05) is 6.04 Å². The SMILES string of the molecule is CCC1(C(=O)O)CCN(C2CCc3c(F)cccc32)CC1. The van der Waals surface area contributed by atoms with Crippen molar-refractivity contribution >= 4 is 5.97 Å². The molecular weight excluding hydrogens is 269 g/mol. The molecule has 0 amide bonds. The van der Waals surface area contributed by atoms with Gasteiger partial charge in [-0.1, -0.05) is 19.1 Å². The first-order chi connectivity index (χ1) is 10.1. The maximum absolute atomic E-state index is 13.8. The summed E-state index contributed by atoms with van der Waals surface area (Å²) in [7, 11) is 0. The monoisotopic (exact) mass is 291 g/mol. The van der Waals surface area contributed by atoms with E-state index in [2.05, 4.69) is 4.90 Å². The van der Waals surface area contributed by atoms with Crippen LogP contribution >= 0.6 is 0 Å². The standard InChI is InChI=1S/C17H22FNO2/c1-2-17(16(20)21)8-10-19(11-9-17)15-7-6-12-13(15)4-3-5-14(12)18/h3-5,15H,2,6-11H2,1H3,(H,20,21). The van der Waals surface area contributed by atoms with Crippen LogP contribution in [0.3, 0.4) is 0 Å². The zero-order valence-electron chi connectivity index (χ0n) is 12.4. The zero-order chi connectivity index (χ0) is 15.0. The number of likely N-dealkylation sites (tertiary alicyclic amines) is 1. The van der Waals surface area contributed by atoms with Gasteiger partial charge in [-0.2, -0.15) is 0 Å². The molecule has 1 saturated heterocycles. The summed E-state index contributed by atoms with van der Waals surface area (Å²) in [6.07, 6.45) is 3.81. The molecule has 21 heavy (non-hydrogen) atoms. The summed E-state index contributed by atoms with van der Waals surface area (Å²) in [5, 5.41) is 9.47. The number of piperidine rings is 1. The lowest BCUT2D eigenvalue weighted by atomic mass is 9.76. The fraction of sp³-hybridized carbons (Fsp3) is 0.588. The molecule has 0 aromatic heterocycles. The second-order valence-electron chi connectivity index (χ2n) is 6.34. The minimum Gasteiger partial charge on any atom is -0.481 e. The molecule has 4 heteroatoms. The molecule has 3 rings (SSSR count). The van der Waals surface area contributed by atoms with Gasteiger partial charge in [0.05, 0.1) is 5.41 Å². The van der Waals surface area contributed by atoms with Crippen LogP contribution in [0.25, 0.3) is 0 Å². The minimum absolute atomic E-state index is 0.0968. The highest BCUT2D eigenvalue weighted by Gasteiger charge is 2.42. The van der Waals surface area contributed by atoms with Gasteiger partial charge in [-0.25, -0.2) is 4.39 Å². The number of aliphatic carboxylic acids is 1. The molecule has 0 bridgehead atoms. The van der Waals surface area contributed by atoms with Crippen molar-refractivity contribution in [3.05, 3.63) is 35.1 Å². The normalized spacial score (nSPS) is 24.8. The number of halogens is 1. The molecule has 1 fully saturated rings. The number of carbonyl (C=O) groups is 1. The fourth-order valence-corrected chi connectivity index (χ4v) is 3.95. The third-order valence-corrected chi connectivity index (χ3v) is 5.51. The summed E-state index contributed by atoms with van der Waals surface area (Å²) in [5.74, 6) is -0.761. The third-order valence-electron chi connectivity index (χ3n) is 5.51. The predicted octanol–water partition coefficient (Wildman–Crippen LogP) is 3.39. The van der Waals surface area contributed by atoms with Crippen LogP contribution in [0.2, 0.25) is 0 Å². The molecular formula is C17H22FNO2. The third kappa shape index (κ3) is 2.35. The van der Waals surface area contributed by atoms with Crippen molar-refractivity contribution < 1.29 is 14.3 Å². The second-order valence-corrected chi connectivity index (χ2v) is 6.34. The number of nitrogens with zero attached hydrogens (tertiary/aromatic N) is 1. The summed E-state index contributed by atoms with van der Waals surface area (Å²) < 4.78 is 13.8. The van der Waals surface area contributed by atoms with Crippen LogP contribution in [0.1, 0.15) is 49.8 Å². The van der Waals surface area contributed by atoms with Crippen LogP contribution in [0.15, 0.2) is 18.2 Å². The second kappa shape index (κ2) is 5.41. The molecule has 114 valence electrons. The van der Waals surface area contributed by atoms with Gasteiger partial charge in [0.25, 0.3) is 0 Å². The Hall–Kier alpha value is -1.42. The summed E-state index contributed by atoms with van der Waals surface area (Å²) in [6, 6.07) is 5.60. The molecule has 1 heterocycles. The van der Waals surface area contributed by atoms with Crippen LogP contribution in [0, 0.1) is 11.2 Å². The number of carboxylic acids is 1. The van der Waals surface area contributed by atoms with E-state index in [1.54, 1.807) is 6.07 Å². The van der Waals surface area contributed by atoms with E-state index in [0.717, 1.165) is 37.1 Å². The van der Waals surface area contributed by atoms with E-state index >= 15 is 0 Å². The molecule has 1 N–H and O–H groups in total. The van der Waals surface area contributed by atoms with Gasteiger partial charge in [-0.3, -0.25) is 9.69 Å². The Balaban J connectivity index is 1.75. The number of hydrogen-bond donors (Lipinski definition) is 1. The van der Waals surface area contributed by atoms with Crippen molar-refractivity contribution in [3.8, 4) is 0 Å². The Morgan fingerprint density at radius 3 is 2.76 bits per heavy atom. The molecule has 2 aliphatic rings. The zero-order valence-corrected chi connectivity index (χ0v) is 12.4. The Labute approximate surface area is 124 Å². The van der Waals surface area contributed by atoms with Gasteiger partial charge in [-0.15, -0.1) is 0 Å². The Morgan fingerprint density at radius 1 is 1.43 bits per heavy atom. The molecule has 3 nitrogen and oxygen atoms in total. The Bertz CT molecular complexity index is 550. The van der Waals surface area contributed by atoms with E-state index in [0.29, 0.717) is 19.3 Å². The van der Waals surface area contributed by atoms with Crippen molar-refractivity contribution in [2.75, 3.05) is 13.1 Å². The number of hydrogen-bond acceptors (Lipinski definition) is 2. The summed E-state index contributed by atoms with van der Waals surface area (Å²) in [4.78, 5) is 13.9. The van der Waals surface area contributed by atoms with Crippen molar-refractivity contribution in [3.63, 3.8) is 0 Å². The lowest BCUT2D eigenvalue weighted by Gasteiger charge is -2.41. The van der Waals surface area contributed by atoms with Crippen LogP contribution in [0.4, 0.5) is 4.39 Å². The van der Waals surface area contributed by atoms with Crippen LogP contribution in [0.5, 0.6) is 0 Å². The van der Waals surface area contributed by atoms with Crippen molar-refractivity contribution in [2.45, 2.75) is 45.1 Å². The molecule has 1 unspecified atom stereocenters. The molecule has 0 saturated carbocycles. The van der Waals surface area contributed by atoms with Gasteiger partial charge in [0.1, 0.15) is 5.82 Å². The van der Waals surface area contributed by atoms with E-state index in [-0.39, 0.29) is 11.9 Å². The average molecular weight is 291 g/mol. The van der Waals surface area contributed by atoms with E-state index in [1.165, 1.54) is 6.07 Å². The first-order valence-corrected chi connectivity index (χ1v) is 7.82. The Morgan fingerprint density at radius 2 is 2.14 bits per heavy atom. The highest BCUT2D eigenvalue weighted by atomic mass is 19.1. The van der Waals surface area contributed by atoms with Gasteiger partial charge < -0.3 is 5.11 Å². The molecule has 1 atom stereocenters. The molecule has 0 spiro atoms. The summed E-state index contributed by atoms with van der Waals surface area (Å²) in [6.45, 7) is 3.55.